The number of carbonyl (C=O) groups is 1. The van der Waals surface area contributed by atoms with Crippen LogP contribution in [0.25, 0.3) is 0 Å². The van der Waals surface area contributed by atoms with E-state index in [1.54, 1.807) is 0 Å². The summed E-state index contributed by atoms with van der Waals surface area (Å²) in [5.41, 5.74) is 0.332. The van der Waals surface area contributed by atoms with E-state index >= 15 is 0 Å². The van der Waals surface area contributed by atoms with Crippen LogP contribution >= 0.6 is 0 Å². The molecule has 0 spiro atoms. The van der Waals surface area contributed by atoms with Crippen molar-refractivity contribution >= 4 is 21.7 Å². The van der Waals surface area contributed by atoms with Crippen LogP contribution in [0.2, 0.25) is 0 Å². The lowest BCUT2D eigenvalue weighted by atomic mass is 10.1. The van der Waals surface area contributed by atoms with E-state index < -0.39 is 16.0 Å². The zero-order valence-electron chi connectivity index (χ0n) is 10.5. The highest BCUT2D eigenvalue weighted by Crippen LogP contribution is 2.34. The van der Waals surface area contributed by atoms with Crippen molar-refractivity contribution in [2.45, 2.75) is 30.7 Å². The molecular weight excluding hydrogens is 268 g/mol. The van der Waals surface area contributed by atoms with E-state index in [-0.39, 0.29) is 16.5 Å². The molecule has 0 aromatic heterocycles. The summed E-state index contributed by atoms with van der Waals surface area (Å²) in [6.45, 7) is 1.98. The summed E-state index contributed by atoms with van der Waals surface area (Å²) in [5, 5.41) is 17.3. The number of aromatic carboxylic acids is 1. The quantitative estimate of drug-likeness (QED) is 0.753. The molecule has 1 aromatic carbocycles. The maximum absolute atomic E-state index is 11.2. The smallest absolute Gasteiger partial charge is 0.337 e. The van der Waals surface area contributed by atoms with Gasteiger partial charge in [0, 0.05) is 11.7 Å². The Balaban J connectivity index is 2.35. The second-order valence-corrected chi connectivity index (χ2v) is 6.39. The number of carboxylic acids is 1. The topological polar surface area (TPSA) is 109 Å². The van der Waals surface area contributed by atoms with Gasteiger partial charge in [0.25, 0.3) is 0 Å². The third-order valence-electron chi connectivity index (χ3n) is 3.26. The molecule has 104 valence electrons. The minimum absolute atomic E-state index is 0.0842. The average Bonchev–Trinajstić information content (AvgIpc) is 3.11. The van der Waals surface area contributed by atoms with Gasteiger partial charge in [0.2, 0.25) is 10.0 Å². The first-order chi connectivity index (χ1) is 8.79. The molecule has 0 radical (unpaired) electrons. The van der Waals surface area contributed by atoms with Crippen LogP contribution in [0.3, 0.4) is 0 Å². The second-order valence-electron chi connectivity index (χ2n) is 4.83. The van der Waals surface area contributed by atoms with E-state index in [4.69, 9.17) is 10.2 Å². The van der Waals surface area contributed by atoms with Gasteiger partial charge in [-0.25, -0.2) is 18.4 Å². The van der Waals surface area contributed by atoms with Crippen molar-refractivity contribution in [1.29, 1.82) is 0 Å². The van der Waals surface area contributed by atoms with Crippen LogP contribution in [-0.4, -0.2) is 25.5 Å². The summed E-state index contributed by atoms with van der Waals surface area (Å²) >= 11 is 0. The average molecular weight is 284 g/mol. The number of anilines is 1. The molecule has 0 bridgehead atoms. The van der Waals surface area contributed by atoms with Crippen LogP contribution in [0.5, 0.6) is 0 Å². The molecule has 4 N–H and O–H groups in total. The molecule has 0 amide bonds. The Morgan fingerprint density at radius 2 is 2.11 bits per heavy atom. The maximum Gasteiger partial charge on any atom is 0.337 e. The largest absolute Gasteiger partial charge is 0.478 e. The van der Waals surface area contributed by atoms with Crippen LogP contribution in [0.15, 0.2) is 23.1 Å². The number of rotatable bonds is 5. The van der Waals surface area contributed by atoms with Gasteiger partial charge < -0.3 is 10.4 Å². The molecule has 2 rings (SSSR count). The number of nitrogens with two attached hydrogens (primary N) is 1. The van der Waals surface area contributed by atoms with Gasteiger partial charge in [-0.2, -0.15) is 0 Å². The fourth-order valence-electron chi connectivity index (χ4n) is 1.96. The molecule has 19 heavy (non-hydrogen) atoms. The molecule has 1 aromatic rings. The third kappa shape index (κ3) is 3.24. The SMILES string of the molecule is CC(Nc1ccc(S(N)(=O)=O)cc1C(=O)O)C1CC1. The van der Waals surface area contributed by atoms with E-state index in [0.29, 0.717) is 11.6 Å². The highest BCUT2D eigenvalue weighted by atomic mass is 32.2. The van der Waals surface area contributed by atoms with Crippen molar-refractivity contribution in [2.24, 2.45) is 11.1 Å². The Hall–Kier alpha value is -1.60. The number of hydrogen-bond donors (Lipinski definition) is 3. The van der Waals surface area contributed by atoms with E-state index in [0.717, 1.165) is 18.9 Å². The summed E-state index contributed by atoms with van der Waals surface area (Å²) in [4.78, 5) is 11.0. The lowest BCUT2D eigenvalue weighted by Crippen LogP contribution is -2.20. The third-order valence-corrected chi connectivity index (χ3v) is 4.17. The van der Waals surface area contributed by atoms with Crippen molar-refractivity contribution in [3.8, 4) is 0 Å². The fourth-order valence-corrected chi connectivity index (χ4v) is 2.50. The Morgan fingerprint density at radius 1 is 1.47 bits per heavy atom. The molecule has 6 nitrogen and oxygen atoms in total. The molecule has 7 heteroatoms. The first-order valence-electron chi connectivity index (χ1n) is 5.95. The van der Waals surface area contributed by atoms with Gasteiger partial charge in [0.05, 0.1) is 10.5 Å². The van der Waals surface area contributed by atoms with Crippen molar-refractivity contribution in [3.63, 3.8) is 0 Å². The molecule has 1 saturated carbocycles. The molecule has 1 fully saturated rings. The molecule has 0 saturated heterocycles. The molecule has 1 aliphatic rings. The van der Waals surface area contributed by atoms with Crippen LogP contribution in [0.1, 0.15) is 30.1 Å². The lowest BCUT2D eigenvalue weighted by Gasteiger charge is -2.16. The zero-order valence-corrected chi connectivity index (χ0v) is 11.3. The summed E-state index contributed by atoms with van der Waals surface area (Å²) in [7, 11) is -3.90. The van der Waals surface area contributed by atoms with E-state index in [1.165, 1.54) is 12.1 Å². The summed E-state index contributed by atoms with van der Waals surface area (Å²) in [5.74, 6) is -0.629. The maximum atomic E-state index is 11.2. The van der Waals surface area contributed by atoms with Gasteiger partial charge in [-0.15, -0.1) is 0 Å². The van der Waals surface area contributed by atoms with Gasteiger partial charge in [-0.05, 0) is 43.9 Å². The highest BCUT2D eigenvalue weighted by Gasteiger charge is 2.28. The zero-order chi connectivity index (χ0) is 14.2. The first-order valence-corrected chi connectivity index (χ1v) is 7.50. The summed E-state index contributed by atoms with van der Waals surface area (Å²) < 4.78 is 22.4. The predicted molar refractivity (Wildman–Crippen MR) is 70.6 cm³/mol. The van der Waals surface area contributed by atoms with Crippen LogP contribution in [0.4, 0.5) is 5.69 Å². The van der Waals surface area contributed by atoms with Crippen molar-refractivity contribution < 1.29 is 18.3 Å². The monoisotopic (exact) mass is 284 g/mol. The molecule has 0 aliphatic heterocycles. The van der Waals surface area contributed by atoms with Gasteiger partial charge in [-0.3, -0.25) is 0 Å². The standard InChI is InChI=1S/C12H16N2O4S/c1-7(8-2-3-8)14-11-5-4-9(19(13,17)18)6-10(11)12(15)16/h4-8,14H,2-3H2,1H3,(H,15,16)(H2,13,17,18). The second kappa shape index (κ2) is 4.82. The van der Waals surface area contributed by atoms with Crippen LogP contribution in [-0.2, 0) is 10.0 Å². The number of carboxylic acid groups (broad SMARTS) is 1. The minimum Gasteiger partial charge on any atom is -0.478 e. The van der Waals surface area contributed by atoms with E-state index in [9.17, 15) is 13.2 Å². The first kappa shape index (κ1) is 13.8. The van der Waals surface area contributed by atoms with E-state index in [2.05, 4.69) is 5.32 Å². The predicted octanol–water partition coefficient (Wildman–Crippen LogP) is 1.24. The molecule has 1 atom stereocenters. The number of primary sulfonamides is 1. The normalized spacial score (nSPS) is 16.9. The Kier molecular flexibility index (Phi) is 3.51. The number of benzene rings is 1. The van der Waals surface area contributed by atoms with Crippen molar-refractivity contribution in [3.05, 3.63) is 23.8 Å². The number of nitrogens with one attached hydrogen (secondary N) is 1. The van der Waals surface area contributed by atoms with Gasteiger partial charge >= 0.3 is 5.97 Å². The fraction of sp³-hybridized carbons (Fsp3) is 0.417. The number of hydrogen-bond acceptors (Lipinski definition) is 4. The van der Waals surface area contributed by atoms with Crippen LogP contribution < -0.4 is 10.5 Å². The lowest BCUT2D eigenvalue weighted by molar-refractivity contribution is 0.0697. The summed E-state index contributed by atoms with van der Waals surface area (Å²) in [6, 6.07) is 4.00. The Bertz CT molecular complexity index is 608. The molecular formula is C12H16N2O4S. The Labute approximate surface area is 111 Å². The summed E-state index contributed by atoms with van der Waals surface area (Å²) in [6.07, 6.45) is 2.26. The van der Waals surface area contributed by atoms with Crippen LogP contribution in [0, 0.1) is 5.92 Å². The molecule has 0 heterocycles. The van der Waals surface area contributed by atoms with Gasteiger partial charge in [-0.1, -0.05) is 0 Å². The van der Waals surface area contributed by atoms with Crippen molar-refractivity contribution in [1.82, 2.24) is 0 Å². The highest BCUT2D eigenvalue weighted by molar-refractivity contribution is 7.89. The number of sulfonamides is 1. The van der Waals surface area contributed by atoms with Gasteiger partial charge in [0.15, 0.2) is 0 Å². The molecule has 1 aliphatic carbocycles. The van der Waals surface area contributed by atoms with Gasteiger partial charge in [0.1, 0.15) is 0 Å². The molecule has 1 unspecified atom stereocenters. The minimum atomic E-state index is -3.90. The Morgan fingerprint density at radius 3 is 2.58 bits per heavy atom. The van der Waals surface area contributed by atoms with Crippen molar-refractivity contribution in [2.75, 3.05) is 5.32 Å². The van der Waals surface area contributed by atoms with E-state index in [1.807, 2.05) is 6.92 Å².